The third kappa shape index (κ3) is 4.59. The fourth-order valence-corrected chi connectivity index (χ4v) is 4.26. The average Bonchev–Trinajstić information content (AvgIpc) is 3.36. The molecule has 2 amide bonds. The molecular weight excluding hydrogens is 366 g/mol. The van der Waals surface area contributed by atoms with Gasteiger partial charge in [0.2, 0.25) is 11.8 Å². The van der Waals surface area contributed by atoms with Crippen molar-refractivity contribution in [3.8, 4) is 0 Å². The number of carbonyl (C=O) groups excluding carboxylic acids is 2. The highest BCUT2D eigenvalue weighted by molar-refractivity contribution is 7.13. The first-order valence-corrected chi connectivity index (χ1v) is 10.6. The van der Waals surface area contributed by atoms with E-state index in [1.807, 2.05) is 10.3 Å². The highest BCUT2D eigenvalue weighted by Gasteiger charge is 2.44. The largest absolute Gasteiger partial charge is 0.379 e. The van der Waals surface area contributed by atoms with E-state index < -0.39 is 5.54 Å². The molecule has 3 fully saturated rings. The fourth-order valence-electron chi connectivity index (χ4n) is 3.64. The van der Waals surface area contributed by atoms with Crippen LogP contribution in [0.4, 0.5) is 5.13 Å². The normalized spacial score (nSPS) is 23.0. The van der Waals surface area contributed by atoms with Gasteiger partial charge in [0.15, 0.2) is 5.13 Å². The zero-order valence-electron chi connectivity index (χ0n) is 15.5. The van der Waals surface area contributed by atoms with Crippen LogP contribution in [0.3, 0.4) is 0 Å². The summed E-state index contributed by atoms with van der Waals surface area (Å²) in [5.41, 5.74) is -0.684. The minimum Gasteiger partial charge on any atom is -0.379 e. The third-order valence-corrected chi connectivity index (χ3v) is 6.25. The predicted molar refractivity (Wildman–Crippen MR) is 103 cm³/mol. The molecule has 1 saturated carbocycles. The van der Waals surface area contributed by atoms with Crippen LogP contribution in [-0.2, 0) is 14.3 Å². The van der Waals surface area contributed by atoms with Crippen LogP contribution in [0.1, 0.15) is 25.7 Å². The third-order valence-electron chi connectivity index (χ3n) is 5.56. The lowest BCUT2D eigenvalue weighted by Crippen LogP contribution is -2.60. The van der Waals surface area contributed by atoms with Gasteiger partial charge in [-0.25, -0.2) is 4.98 Å². The highest BCUT2D eigenvalue weighted by atomic mass is 32.1. The number of hydrogen-bond acceptors (Lipinski definition) is 7. The topological polar surface area (TPSA) is 86.8 Å². The Kier molecular flexibility index (Phi) is 5.60. The maximum atomic E-state index is 13.0. The molecule has 3 aliphatic rings. The van der Waals surface area contributed by atoms with E-state index in [4.69, 9.17) is 4.74 Å². The molecule has 4 rings (SSSR count). The summed E-state index contributed by atoms with van der Waals surface area (Å²) in [7, 11) is 0. The molecule has 1 aromatic rings. The Morgan fingerprint density at radius 2 is 1.96 bits per heavy atom. The van der Waals surface area contributed by atoms with Gasteiger partial charge in [0.25, 0.3) is 0 Å². The number of aromatic nitrogens is 1. The second kappa shape index (κ2) is 8.12. The molecule has 0 spiro atoms. The van der Waals surface area contributed by atoms with E-state index in [1.54, 1.807) is 6.20 Å². The lowest BCUT2D eigenvalue weighted by molar-refractivity contribution is -0.137. The van der Waals surface area contributed by atoms with Crippen molar-refractivity contribution >= 4 is 28.3 Å². The van der Waals surface area contributed by atoms with Gasteiger partial charge >= 0.3 is 0 Å². The summed E-state index contributed by atoms with van der Waals surface area (Å²) in [4.78, 5) is 34.0. The van der Waals surface area contributed by atoms with E-state index in [9.17, 15) is 9.59 Å². The molecule has 2 N–H and O–H groups in total. The molecular formula is C18H27N5O3S. The Labute approximate surface area is 163 Å². The number of hydrogen-bond donors (Lipinski definition) is 2. The summed E-state index contributed by atoms with van der Waals surface area (Å²) in [5.74, 6) is 0.183. The van der Waals surface area contributed by atoms with Gasteiger partial charge in [0, 0.05) is 43.8 Å². The van der Waals surface area contributed by atoms with Crippen molar-refractivity contribution in [3.05, 3.63) is 11.6 Å². The van der Waals surface area contributed by atoms with Crippen LogP contribution in [0.15, 0.2) is 11.6 Å². The van der Waals surface area contributed by atoms with E-state index >= 15 is 0 Å². The minimum absolute atomic E-state index is 0.0421. The Bertz CT molecular complexity index is 650. The van der Waals surface area contributed by atoms with Crippen molar-refractivity contribution in [3.63, 3.8) is 0 Å². The van der Waals surface area contributed by atoms with Crippen LogP contribution in [-0.4, -0.2) is 84.1 Å². The zero-order chi connectivity index (χ0) is 18.7. The zero-order valence-corrected chi connectivity index (χ0v) is 16.3. The second-order valence-corrected chi connectivity index (χ2v) is 8.46. The quantitative estimate of drug-likeness (QED) is 0.733. The van der Waals surface area contributed by atoms with Gasteiger partial charge in [0.1, 0.15) is 5.54 Å². The summed E-state index contributed by atoms with van der Waals surface area (Å²) in [6, 6.07) is 0.313. The van der Waals surface area contributed by atoms with Crippen LogP contribution in [0, 0.1) is 0 Å². The molecule has 0 aromatic carbocycles. The van der Waals surface area contributed by atoms with Crippen LogP contribution in [0.2, 0.25) is 0 Å². The Hall–Kier alpha value is -1.71. The smallest absolute Gasteiger partial charge is 0.246 e. The van der Waals surface area contributed by atoms with Gasteiger partial charge in [0.05, 0.1) is 19.8 Å². The average molecular weight is 394 g/mol. The van der Waals surface area contributed by atoms with Gasteiger partial charge in [-0.2, -0.15) is 0 Å². The summed E-state index contributed by atoms with van der Waals surface area (Å²) < 4.78 is 5.34. The number of thiazole rings is 1. The van der Waals surface area contributed by atoms with Crippen molar-refractivity contribution in [1.82, 2.24) is 20.1 Å². The monoisotopic (exact) mass is 393 g/mol. The van der Waals surface area contributed by atoms with Crippen molar-refractivity contribution in [2.75, 3.05) is 51.3 Å². The Balaban J connectivity index is 1.37. The van der Waals surface area contributed by atoms with Crippen LogP contribution >= 0.6 is 11.3 Å². The van der Waals surface area contributed by atoms with Gasteiger partial charge in [-0.15, -0.1) is 11.3 Å². The fraction of sp³-hybridized carbons (Fsp3) is 0.722. The second-order valence-electron chi connectivity index (χ2n) is 7.56. The Morgan fingerprint density at radius 3 is 2.59 bits per heavy atom. The van der Waals surface area contributed by atoms with Crippen molar-refractivity contribution in [1.29, 1.82) is 0 Å². The standard InChI is InChI=1S/C18H27N5O3S/c24-15(13-22-8-10-26-11-9-22)23-6-3-18(4-7-23,16(25)20-14-1-2-14)21-17-19-5-12-27-17/h5,12,14H,1-4,6-11,13H2,(H,19,21)(H,20,25). The first-order valence-electron chi connectivity index (χ1n) is 9.71. The van der Waals surface area contributed by atoms with Crippen LogP contribution < -0.4 is 10.6 Å². The molecule has 0 bridgehead atoms. The Morgan fingerprint density at radius 1 is 1.22 bits per heavy atom. The molecule has 0 unspecified atom stereocenters. The molecule has 3 heterocycles. The number of anilines is 1. The number of morpholine rings is 1. The SMILES string of the molecule is O=C(CN1CCOCC1)N1CCC(Nc2nccs2)(C(=O)NC2CC2)CC1. The molecule has 27 heavy (non-hydrogen) atoms. The van der Waals surface area contributed by atoms with E-state index in [0.29, 0.717) is 51.7 Å². The van der Waals surface area contributed by atoms with E-state index in [1.165, 1.54) is 11.3 Å². The van der Waals surface area contributed by atoms with Gasteiger partial charge in [-0.1, -0.05) is 0 Å². The summed E-state index contributed by atoms with van der Waals surface area (Å²) >= 11 is 1.50. The molecule has 1 aromatic heterocycles. The predicted octanol–water partition coefficient (Wildman–Crippen LogP) is 0.527. The molecule has 1 aliphatic carbocycles. The van der Waals surface area contributed by atoms with Crippen molar-refractivity contribution < 1.29 is 14.3 Å². The molecule has 0 atom stereocenters. The summed E-state index contributed by atoms with van der Waals surface area (Å²) in [6.07, 6.45) is 5.05. The number of nitrogens with one attached hydrogen (secondary N) is 2. The van der Waals surface area contributed by atoms with Gasteiger partial charge in [-0.05, 0) is 25.7 Å². The number of piperidine rings is 1. The minimum atomic E-state index is -0.684. The van der Waals surface area contributed by atoms with Crippen molar-refractivity contribution in [2.45, 2.75) is 37.3 Å². The van der Waals surface area contributed by atoms with Crippen LogP contribution in [0.25, 0.3) is 0 Å². The molecule has 9 heteroatoms. The molecule has 148 valence electrons. The molecule has 2 aliphatic heterocycles. The first kappa shape index (κ1) is 18.6. The first-order chi connectivity index (χ1) is 13.1. The van der Waals surface area contributed by atoms with E-state index in [-0.39, 0.29) is 11.8 Å². The summed E-state index contributed by atoms with van der Waals surface area (Å²) in [6.45, 7) is 4.59. The number of rotatable bonds is 6. The number of amides is 2. The number of likely N-dealkylation sites (tertiary alicyclic amines) is 1. The summed E-state index contributed by atoms with van der Waals surface area (Å²) in [5, 5.41) is 9.17. The highest BCUT2D eigenvalue weighted by Crippen LogP contribution is 2.30. The van der Waals surface area contributed by atoms with Crippen LogP contribution in [0.5, 0.6) is 0 Å². The molecule has 8 nitrogen and oxygen atoms in total. The number of nitrogens with zero attached hydrogens (tertiary/aromatic N) is 3. The van der Waals surface area contributed by atoms with Gasteiger partial charge < -0.3 is 20.3 Å². The number of carbonyl (C=O) groups is 2. The number of ether oxygens (including phenoxy) is 1. The molecule has 2 saturated heterocycles. The lowest BCUT2D eigenvalue weighted by Gasteiger charge is -2.41. The van der Waals surface area contributed by atoms with E-state index in [2.05, 4.69) is 20.5 Å². The van der Waals surface area contributed by atoms with Gasteiger partial charge in [-0.3, -0.25) is 14.5 Å². The lowest BCUT2D eigenvalue weighted by atomic mass is 9.86. The van der Waals surface area contributed by atoms with Crippen molar-refractivity contribution in [2.24, 2.45) is 0 Å². The maximum absolute atomic E-state index is 13.0. The molecule has 0 radical (unpaired) electrons. The maximum Gasteiger partial charge on any atom is 0.246 e. The van der Waals surface area contributed by atoms with E-state index in [0.717, 1.165) is 31.1 Å².